The maximum atomic E-state index is 12.6. The quantitative estimate of drug-likeness (QED) is 0.532. The van der Waals surface area contributed by atoms with E-state index in [0.717, 1.165) is 0 Å². The molecule has 1 heterocycles. The van der Waals surface area contributed by atoms with Gasteiger partial charge in [-0.2, -0.15) is 0 Å². The smallest absolute Gasteiger partial charge is 0.336 e. The van der Waals surface area contributed by atoms with Gasteiger partial charge in [0.1, 0.15) is 0 Å². The number of carbonyl (C=O) groups is 2. The standard InChI is InChI=1S/C19H23N2O7/c1-5-27-19(23)16-12(3)20-11(2)15(18(22)26-4)17(16)14-8-6-13(7-9-14)10-28-21(24)25/h6-9,17,20,24H,5,10H2,1-4H3/q-1. The maximum Gasteiger partial charge on any atom is 0.336 e. The highest BCUT2D eigenvalue weighted by atomic mass is 17.1. The van der Waals surface area contributed by atoms with Crippen LogP contribution in [0.1, 0.15) is 37.8 Å². The third kappa shape index (κ3) is 4.76. The van der Waals surface area contributed by atoms with Crippen molar-refractivity contribution in [2.75, 3.05) is 13.7 Å². The Balaban J connectivity index is 2.49. The number of esters is 2. The van der Waals surface area contributed by atoms with Crippen LogP contribution in [0, 0.1) is 5.21 Å². The number of carbonyl (C=O) groups excluding carboxylic acids is 2. The molecule has 28 heavy (non-hydrogen) atoms. The highest BCUT2D eigenvalue weighted by Gasteiger charge is 2.37. The van der Waals surface area contributed by atoms with Crippen LogP contribution in [0.3, 0.4) is 0 Å². The van der Waals surface area contributed by atoms with Gasteiger partial charge in [0.25, 0.3) is 0 Å². The van der Waals surface area contributed by atoms with E-state index in [1.165, 1.54) is 7.11 Å². The summed E-state index contributed by atoms with van der Waals surface area (Å²) in [6, 6.07) is 6.76. The Labute approximate surface area is 162 Å². The molecule has 2 N–H and O–H groups in total. The topological polar surface area (TPSA) is 120 Å². The van der Waals surface area contributed by atoms with Crippen molar-refractivity contribution in [1.29, 1.82) is 0 Å². The molecule has 1 aliphatic heterocycles. The molecule has 152 valence electrons. The minimum absolute atomic E-state index is 0.134. The SMILES string of the molecule is CCOC(=O)C1=C(C)NC(C)=C(C(=O)OC)C1c1ccc(CON([O-])O)cc1. The van der Waals surface area contributed by atoms with Crippen LogP contribution in [0.15, 0.2) is 46.8 Å². The molecule has 1 aromatic carbocycles. The van der Waals surface area contributed by atoms with Crippen LogP contribution >= 0.6 is 0 Å². The number of methoxy groups -OCH3 is 1. The molecule has 0 radical (unpaired) electrons. The van der Waals surface area contributed by atoms with Gasteiger partial charge < -0.3 is 25.2 Å². The van der Waals surface area contributed by atoms with Crippen LogP contribution in [0.25, 0.3) is 0 Å². The Morgan fingerprint density at radius 2 is 1.71 bits per heavy atom. The Morgan fingerprint density at radius 1 is 1.14 bits per heavy atom. The first-order valence-corrected chi connectivity index (χ1v) is 8.62. The molecular formula is C19H23N2O7-. The molecule has 2 rings (SSSR count). The summed E-state index contributed by atoms with van der Waals surface area (Å²) in [6.07, 6.45) is 0. The summed E-state index contributed by atoms with van der Waals surface area (Å²) in [4.78, 5) is 29.5. The summed E-state index contributed by atoms with van der Waals surface area (Å²) in [6.45, 7) is 5.24. The maximum absolute atomic E-state index is 12.6. The largest absolute Gasteiger partial charge is 0.738 e. The lowest BCUT2D eigenvalue weighted by Gasteiger charge is -2.30. The van der Waals surface area contributed by atoms with Gasteiger partial charge in [0, 0.05) is 11.4 Å². The molecule has 0 spiro atoms. The fourth-order valence-electron chi connectivity index (χ4n) is 3.12. The zero-order valence-electron chi connectivity index (χ0n) is 16.1. The van der Waals surface area contributed by atoms with Crippen LogP contribution in [-0.4, -0.2) is 36.3 Å². The molecule has 1 aromatic rings. The molecule has 1 unspecified atom stereocenters. The van der Waals surface area contributed by atoms with Crippen molar-refractivity contribution in [3.63, 3.8) is 0 Å². The van der Waals surface area contributed by atoms with E-state index in [1.807, 2.05) is 0 Å². The Kier molecular flexibility index (Phi) is 7.30. The van der Waals surface area contributed by atoms with Gasteiger partial charge in [-0.05, 0) is 31.9 Å². The molecule has 9 heteroatoms. The van der Waals surface area contributed by atoms with E-state index in [0.29, 0.717) is 33.7 Å². The summed E-state index contributed by atoms with van der Waals surface area (Å²) in [5, 5.41) is 21.4. The minimum Gasteiger partial charge on any atom is -0.738 e. The van der Waals surface area contributed by atoms with E-state index < -0.39 is 23.2 Å². The highest BCUT2D eigenvalue weighted by Crippen LogP contribution is 2.39. The second kappa shape index (κ2) is 9.47. The zero-order valence-corrected chi connectivity index (χ0v) is 16.1. The van der Waals surface area contributed by atoms with Gasteiger partial charge in [-0.15, -0.1) is 5.39 Å². The van der Waals surface area contributed by atoms with Gasteiger partial charge in [0.2, 0.25) is 0 Å². The fourth-order valence-corrected chi connectivity index (χ4v) is 3.12. The van der Waals surface area contributed by atoms with E-state index in [1.54, 1.807) is 45.0 Å². The summed E-state index contributed by atoms with van der Waals surface area (Å²) >= 11 is 0. The van der Waals surface area contributed by atoms with Crippen molar-refractivity contribution in [2.24, 2.45) is 0 Å². The Hall–Kier alpha value is -2.72. The van der Waals surface area contributed by atoms with Gasteiger partial charge in [0.15, 0.2) is 0 Å². The molecule has 0 fully saturated rings. The second-order valence-corrected chi connectivity index (χ2v) is 6.10. The second-order valence-electron chi connectivity index (χ2n) is 6.10. The van der Waals surface area contributed by atoms with Crippen molar-refractivity contribution in [3.8, 4) is 0 Å². The predicted molar refractivity (Wildman–Crippen MR) is 98.1 cm³/mol. The highest BCUT2D eigenvalue weighted by molar-refractivity contribution is 5.99. The molecular weight excluding hydrogens is 368 g/mol. The lowest BCUT2D eigenvalue weighted by molar-refractivity contribution is -0.312. The van der Waals surface area contributed by atoms with Crippen molar-refractivity contribution in [2.45, 2.75) is 33.3 Å². The number of hydrogen-bond donors (Lipinski definition) is 2. The number of hydrogen-bond acceptors (Lipinski definition) is 9. The third-order valence-electron chi connectivity index (χ3n) is 4.32. The average Bonchev–Trinajstić information content (AvgIpc) is 2.65. The van der Waals surface area contributed by atoms with Crippen molar-refractivity contribution >= 4 is 11.9 Å². The summed E-state index contributed by atoms with van der Waals surface area (Å²) in [7, 11) is 1.28. The fraction of sp³-hybridized carbons (Fsp3) is 0.368. The van der Waals surface area contributed by atoms with E-state index in [4.69, 9.17) is 14.7 Å². The van der Waals surface area contributed by atoms with E-state index in [2.05, 4.69) is 10.2 Å². The number of dihydropyridines is 1. The number of ether oxygens (including phenoxy) is 2. The monoisotopic (exact) mass is 391 g/mol. The van der Waals surface area contributed by atoms with Crippen LogP contribution in [0.5, 0.6) is 0 Å². The molecule has 9 nitrogen and oxygen atoms in total. The minimum atomic E-state index is -0.684. The zero-order chi connectivity index (χ0) is 20.8. The Morgan fingerprint density at radius 3 is 2.21 bits per heavy atom. The number of nitrogens with zero attached hydrogens (tertiary/aromatic N) is 1. The molecule has 0 bridgehead atoms. The summed E-state index contributed by atoms with van der Waals surface area (Å²) in [5.41, 5.74) is 3.07. The summed E-state index contributed by atoms with van der Waals surface area (Å²) in [5.74, 6) is -1.77. The van der Waals surface area contributed by atoms with Crippen molar-refractivity contribution in [1.82, 2.24) is 10.7 Å². The number of rotatable bonds is 7. The number of allylic oxidation sites excluding steroid dienone is 2. The normalized spacial score (nSPS) is 16.9. The molecule has 1 atom stereocenters. The lowest BCUT2D eigenvalue weighted by atomic mass is 9.80. The number of nitrogens with one attached hydrogen (secondary N) is 1. The first-order chi connectivity index (χ1) is 13.3. The molecule has 0 aliphatic carbocycles. The average molecular weight is 391 g/mol. The Bertz CT molecular complexity index is 797. The van der Waals surface area contributed by atoms with Crippen LogP contribution in [-0.2, 0) is 30.5 Å². The van der Waals surface area contributed by atoms with Gasteiger partial charge in [0.05, 0.1) is 37.4 Å². The van der Waals surface area contributed by atoms with Gasteiger partial charge >= 0.3 is 11.9 Å². The van der Waals surface area contributed by atoms with Crippen LogP contribution in [0.2, 0.25) is 0 Å². The molecule has 1 aliphatic rings. The van der Waals surface area contributed by atoms with Gasteiger partial charge in [-0.3, -0.25) is 4.84 Å². The molecule has 0 saturated heterocycles. The lowest BCUT2D eigenvalue weighted by Crippen LogP contribution is -2.32. The molecule has 0 saturated carbocycles. The van der Waals surface area contributed by atoms with Gasteiger partial charge in [-0.1, -0.05) is 24.3 Å². The van der Waals surface area contributed by atoms with Crippen LogP contribution in [0.4, 0.5) is 0 Å². The van der Waals surface area contributed by atoms with E-state index >= 15 is 0 Å². The van der Waals surface area contributed by atoms with Crippen molar-refractivity contribution < 1.29 is 29.1 Å². The predicted octanol–water partition coefficient (Wildman–Crippen LogP) is 2.28. The summed E-state index contributed by atoms with van der Waals surface area (Å²) < 4.78 is 10.1. The van der Waals surface area contributed by atoms with Crippen LogP contribution < -0.4 is 5.32 Å². The first-order valence-electron chi connectivity index (χ1n) is 8.62. The number of benzene rings is 1. The third-order valence-corrected chi connectivity index (χ3v) is 4.32. The molecule has 0 aromatic heterocycles. The van der Waals surface area contributed by atoms with E-state index in [9.17, 15) is 14.8 Å². The molecule has 0 amide bonds. The van der Waals surface area contributed by atoms with E-state index in [-0.39, 0.29) is 13.2 Å². The van der Waals surface area contributed by atoms with Gasteiger partial charge in [-0.25, -0.2) is 9.59 Å². The van der Waals surface area contributed by atoms with Crippen molar-refractivity contribution in [3.05, 3.63) is 63.1 Å². The first kappa shape index (κ1) is 21.6.